The smallest absolute Gasteiger partial charge is 0.416 e. The molecule has 0 radical (unpaired) electrons. The number of alkyl halides is 3. The van der Waals surface area contributed by atoms with Gasteiger partial charge in [-0.2, -0.15) is 13.2 Å². The molecular formula is C17H15F3N2O3. The van der Waals surface area contributed by atoms with Crippen LogP contribution in [0.4, 0.5) is 24.5 Å². The minimum absolute atomic E-state index is 0.148. The van der Waals surface area contributed by atoms with E-state index in [1.807, 2.05) is 0 Å². The van der Waals surface area contributed by atoms with Crippen molar-refractivity contribution in [1.29, 1.82) is 0 Å². The standard InChI is InChI=1S/C17H15F3N2O3/c1-11(23)21-13-3-2-4-14(9-13)22-16(24)10-25-15-7-5-12(6-8-15)17(18,19)20/h2-9H,10H2,1H3,(H,21,23)(H,22,24). The van der Waals surface area contributed by atoms with Gasteiger partial charge >= 0.3 is 6.18 Å². The van der Waals surface area contributed by atoms with Crippen LogP contribution in [-0.4, -0.2) is 18.4 Å². The van der Waals surface area contributed by atoms with Crippen LogP contribution in [0.3, 0.4) is 0 Å². The van der Waals surface area contributed by atoms with Crippen molar-refractivity contribution in [1.82, 2.24) is 0 Å². The molecule has 0 aliphatic heterocycles. The molecule has 132 valence electrons. The van der Waals surface area contributed by atoms with Crippen LogP contribution in [0.15, 0.2) is 48.5 Å². The van der Waals surface area contributed by atoms with E-state index >= 15 is 0 Å². The Morgan fingerprint density at radius 3 is 2.16 bits per heavy atom. The summed E-state index contributed by atoms with van der Waals surface area (Å²) in [4.78, 5) is 22.8. The van der Waals surface area contributed by atoms with Crippen LogP contribution < -0.4 is 15.4 Å². The van der Waals surface area contributed by atoms with Gasteiger partial charge < -0.3 is 15.4 Å². The number of hydrogen-bond donors (Lipinski definition) is 2. The number of ether oxygens (including phenoxy) is 1. The van der Waals surface area contributed by atoms with Gasteiger partial charge in [0.15, 0.2) is 6.61 Å². The van der Waals surface area contributed by atoms with Crippen molar-refractivity contribution in [2.75, 3.05) is 17.2 Å². The zero-order valence-electron chi connectivity index (χ0n) is 13.2. The lowest BCUT2D eigenvalue weighted by Crippen LogP contribution is -2.20. The molecular weight excluding hydrogens is 337 g/mol. The second kappa shape index (κ2) is 7.69. The molecule has 0 aliphatic carbocycles. The molecule has 0 unspecified atom stereocenters. The molecule has 0 spiro atoms. The van der Waals surface area contributed by atoms with Crippen molar-refractivity contribution in [3.63, 3.8) is 0 Å². The first-order valence-electron chi connectivity index (χ1n) is 7.21. The van der Waals surface area contributed by atoms with Crippen molar-refractivity contribution < 1.29 is 27.5 Å². The minimum atomic E-state index is -4.42. The van der Waals surface area contributed by atoms with E-state index in [2.05, 4.69) is 10.6 Å². The van der Waals surface area contributed by atoms with Gasteiger partial charge in [-0.3, -0.25) is 9.59 Å². The predicted octanol–water partition coefficient (Wildman–Crippen LogP) is 3.68. The summed E-state index contributed by atoms with van der Waals surface area (Å²) in [6.45, 7) is 0.999. The number of rotatable bonds is 5. The molecule has 0 aliphatic rings. The SMILES string of the molecule is CC(=O)Nc1cccc(NC(=O)COc2ccc(C(F)(F)F)cc2)c1. The quantitative estimate of drug-likeness (QED) is 0.863. The average molecular weight is 352 g/mol. The highest BCUT2D eigenvalue weighted by molar-refractivity contribution is 5.94. The van der Waals surface area contributed by atoms with E-state index in [1.165, 1.54) is 6.92 Å². The summed E-state index contributed by atoms with van der Waals surface area (Å²) in [5.41, 5.74) is 0.181. The summed E-state index contributed by atoms with van der Waals surface area (Å²) < 4.78 is 42.5. The number of halogens is 3. The maximum Gasteiger partial charge on any atom is 0.416 e. The van der Waals surface area contributed by atoms with E-state index in [4.69, 9.17) is 4.74 Å². The second-order valence-electron chi connectivity index (χ2n) is 5.12. The number of benzene rings is 2. The van der Waals surface area contributed by atoms with Gasteiger partial charge in [-0.05, 0) is 42.5 Å². The van der Waals surface area contributed by atoms with E-state index < -0.39 is 17.6 Å². The molecule has 0 heterocycles. The Bertz CT molecular complexity index is 758. The zero-order valence-corrected chi connectivity index (χ0v) is 13.2. The lowest BCUT2D eigenvalue weighted by atomic mass is 10.2. The molecule has 2 rings (SSSR count). The van der Waals surface area contributed by atoms with Crippen LogP contribution in [0, 0.1) is 0 Å². The highest BCUT2D eigenvalue weighted by Gasteiger charge is 2.30. The number of carbonyl (C=O) groups excluding carboxylic acids is 2. The Hall–Kier alpha value is -3.03. The van der Waals surface area contributed by atoms with Gasteiger partial charge in [-0.15, -0.1) is 0 Å². The van der Waals surface area contributed by atoms with Gasteiger partial charge in [-0.25, -0.2) is 0 Å². The fraction of sp³-hybridized carbons (Fsp3) is 0.176. The normalized spacial score (nSPS) is 10.9. The monoisotopic (exact) mass is 352 g/mol. The molecule has 25 heavy (non-hydrogen) atoms. The molecule has 8 heteroatoms. The predicted molar refractivity (Wildman–Crippen MR) is 86.3 cm³/mol. The van der Waals surface area contributed by atoms with Gasteiger partial charge in [0, 0.05) is 18.3 Å². The lowest BCUT2D eigenvalue weighted by Gasteiger charge is -2.10. The molecule has 0 atom stereocenters. The third-order valence-electron chi connectivity index (χ3n) is 3.02. The molecule has 0 bridgehead atoms. The van der Waals surface area contributed by atoms with Gasteiger partial charge in [0.1, 0.15) is 5.75 Å². The van der Waals surface area contributed by atoms with Gasteiger partial charge in [0.25, 0.3) is 5.91 Å². The molecule has 0 saturated carbocycles. The van der Waals surface area contributed by atoms with E-state index in [0.717, 1.165) is 24.3 Å². The Balaban J connectivity index is 1.89. The second-order valence-corrected chi connectivity index (χ2v) is 5.12. The van der Waals surface area contributed by atoms with Crippen molar-refractivity contribution >= 4 is 23.2 Å². The summed E-state index contributed by atoms with van der Waals surface area (Å²) in [5.74, 6) is -0.580. The maximum absolute atomic E-state index is 12.5. The highest BCUT2D eigenvalue weighted by atomic mass is 19.4. The highest BCUT2D eigenvalue weighted by Crippen LogP contribution is 2.30. The van der Waals surface area contributed by atoms with Crippen molar-refractivity contribution in [2.24, 2.45) is 0 Å². The van der Waals surface area contributed by atoms with Crippen molar-refractivity contribution in [3.05, 3.63) is 54.1 Å². The molecule has 0 saturated heterocycles. The third kappa shape index (κ3) is 5.83. The zero-order chi connectivity index (χ0) is 18.4. The van der Waals surface area contributed by atoms with Gasteiger partial charge in [0.2, 0.25) is 5.91 Å². The van der Waals surface area contributed by atoms with Crippen LogP contribution in [0.5, 0.6) is 5.75 Å². The van der Waals surface area contributed by atoms with E-state index in [0.29, 0.717) is 11.4 Å². The largest absolute Gasteiger partial charge is 0.484 e. The van der Waals surface area contributed by atoms with E-state index in [9.17, 15) is 22.8 Å². The number of anilines is 2. The molecule has 5 nitrogen and oxygen atoms in total. The Kier molecular flexibility index (Phi) is 5.63. The number of amides is 2. The van der Waals surface area contributed by atoms with Crippen LogP contribution in [0.25, 0.3) is 0 Å². The van der Waals surface area contributed by atoms with Crippen LogP contribution in [0.2, 0.25) is 0 Å². The number of hydrogen-bond acceptors (Lipinski definition) is 3. The first-order chi connectivity index (χ1) is 11.7. The van der Waals surface area contributed by atoms with Crippen LogP contribution >= 0.6 is 0 Å². The molecule has 2 N–H and O–H groups in total. The maximum atomic E-state index is 12.5. The molecule has 0 fully saturated rings. The average Bonchev–Trinajstić information content (AvgIpc) is 2.52. The lowest BCUT2D eigenvalue weighted by molar-refractivity contribution is -0.137. The van der Waals surface area contributed by atoms with E-state index in [-0.39, 0.29) is 18.3 Å². The van der Waals surface area contributed by atoms with Crippen molar-refractivity contribution in [2.45, 2.75) is 13.1 Å². The molecule has 2 aromatic rings. The third-order valence-corrected chi connectivity index (χ3v) is 3.02. The summed E-state index contributed by atoms with van der Waals surface area (Å²) in [6, 6.07) is 10.6. The van der Waals surface area contributed by atoms with Gasteiger partial charge in [-0.1, -0.05) is 6.07 Å². The minimum Gasteiger partial charge on any atom is -0.484 e. The van der Waals surface area contributed by atoms with Gasteiger partial charge in [0.05, 0.1) is 5.56 Å². The van der Waals surface area contributed by atoms with E-state index in [1.54, 1.807) is 24.3 Å². The summed E-state index contributed by atoms with van der Waals surface area (Å²) in [5, 5.41) is 5.15. The summed E-state index contributed by atoms with van der Waals surface area (Å²) >= 11 is 0. The molecule has 2 amide bonds. The summed E-state index contributed by atoms with van der Waals surface area (Å²) in [7, 11) is 0. The molecule has 2 aromatic carbocycles. The Morgan fingerprint density at radius 2 is 1.60 bits per heavy atom. The van der Waals surface area contributed by atoms with Crippen LogP contribution in [0.1, 0.15) is 12.5 Å². The van der Waals surface area contributed by atoms with Crippen molar-refractivity contribution in [3.8, 4) is 5.75 Å². The first-order valence-corrected chi connectivity index (χ1v) is 7.21. The number of nitrogens with one attached hydrogen (secondary N) is 2. The Labute approximate surface area is 141 Å². The first kappa shape index (κ1) is 18.3. The summed E-state index contributed by atoms with van der Waals surface area (Å²) in [6.07, 6.45) is -4.42. The molecule has 0 aromatic heterocycles. The fourth-order valence-corrected chi connectivity index (χ4v) is 1.96. The van der Waals surface area contributed by atoms with Crippen LogP contribution in [-0.2, 0) is 15.8 Å². The fourth-order valence-electron chi connectivity index (χ4n) is 1.96. The number of carbonyl (C=O) groups is 2. The topological polar surface area (TPSA) is 67.4 Å². The Morgan fingerprint density at radius 1 is 1.00 bits per heavy atom.